The second-order valence-corrected chi connectivity index (χ2v) is 18.9. The van der Waals surface area contributed by atoms with Gasteiger partial charge in [0.2, 0.25) is 16.0 Å². The molecule has 3 fully saturated rings. The van der Waals surface area contributed by atoms with Crippen LogP contribution in [0.3, 0.4) is 0 Å². The van der Waals surface area contributed by atoms with Gasteiger partial charge in [-0.15, -0.1) is 0 Å². The summed E-state index contributed by atoms with van der Waals surface area (Å²) in [6.07, 6.45) is 11.4. The molecular formula is C37H48N8O5S2. The van der Waals surface area contributed by atoms with Crippen LogP contribution in [0.4, 0.5) is 11.6 Å². The number of likely N-dealkylation sites (tertiary alicyclic amines) is 1. The van der Waals surface area contributed by atoms with Gasteiger partial charge in [-0.25, -0.2) is 22.0 Å². The van der Waals surface area contributed by atoms with E-state index in [1.807, 2.05) is 46.9 Å². The standard InChI is InChI=1S/C37H48N8O5S2/c1-42-17-5-6-32(25-42)50-31-10-8-29(9-11-31)40-37-39-24-28-22-33(34-12-7-27(23-38-34)26-13-18-43(19-14-26)51(2,3)47)36(46)45(35(28)41-37)30-15-20-44(21-16-30)52(4,48)49/h7-12,22-24,26,30,32H,2,5-6,13-21,25H2,1,3-4H3,(H,39,40,41). The molecule has 4 aromatic rings. The molecule has 3 aromatic heterocycles. The van der Waals surface area contributed by atoms with Gasteiger partial charge in [-0.05, 0) is 106 Å². The van der Waals surface area contributed by atoms with Crippen molar-refractivity contribution in [3.63, 3.8) is 0 Å². The number of anilines is 2. The molecule has 278 valence electrons. The van der Waals surface area contributed by atoms with Crippen LogP contribution in [0.15, 0.2) is 59.7 Å². The van der Waals surface area contributed by atoms with Crippen LogP contribution in [0.5, 0.6) is 5.75 Å². The Morgan fingerprint density at radius 3 is 2.21 bits per heavy atom. The Morgan fingerprint density at radius 2 is 1.58 bits per heavy atom. The summed E-state index contributed by atoms with van der Waals surface area (Å²) in [6.45, 7) is 4.06. The molecule has 13 nitrogen and oxygen atoms in total. The molecule has 0 bridgehead atoms. The van der Waals surface area contributed by atoms with Gasteiger partial charge in [0.1, 0.15) is 17.5 Å². The summed E-state index contributed by atoms with van der Waals surface area (Å²) in [6, 6.07) is 13.2. The first-order chi connectivity index (χ1) is 24.8. The van der Waals surface area contributed by atoms with Gasteiger partial charge in [0, 0.05) is 78.2 Å². The molecule has 7 rings (SSSR count). The number of ether oxygens (including phenoxy) is 1. The number of aromatic nitrogens is 4. The maximum absolute atomic E-state index is 14.4. The van der Waals surface area contributed by atoms with E-state index in [0.29, 0.717) is 67.3 Å². The van der Waals surface area contributed by atoms with Crippen molar-refractivity contribution in [3.05, 3.63) is 70.8 Å². The first-order valence-corrected chi connectivity index (χ1v) is 21.9. The normalized spacial score (nSPS) is 21.6. The third-order valence-electron chi connectivity index (χ3n) is 10.6. The highest BCUT2D eigenvalue weighted by molar-refractivity contribution is 7.97. The Morgan fingerprint density at radius 1 is 0.865 bits per heavy atom. The SMILES string of the molecule is C=S(C)(=O)N1CCC(c2ccc(-c3cc4cnc(Nc5ccc(OC6CCCN(C)C6)cc5)nc4n(C4CCN(S(C)(=O)=O)CC4)c3=O)nc2)CC1. The van der Waals surface area contributed by atoms with E-state index in [1.54, 1.807) is 23.1 Å². The number of benzene rings is 1. The van der Waals surface area contributed by atoms with Crippen molar-refractivity contribution >= 4 is 48.3 Å². The lowest BCUT2D eigenvalue weighted by Crippen LogP contribution is -2.40. The highest BCUT2D eigenvalue weighted by Gasteiger charge is 2.29. The summed E-state index contributed by atoms with van der Waals surface area (Å²) in [5.41, 5.74) is 3.10. The van der Waals surface area contributed by atoms with Crippen molar-refractivity contribution in [3.8, 4) is 17.0 Å². The van der Waals surface area contributed by atoms with Crippen molar-refractivity contribution in [2.45, 2.75) is 56.6 Å². The van der Waals surface area contributed by atoms with Gasteiger partial charge in [0.05, 0.1) is 17.5 Å². The van der Waals surface area contributed by atoms with E-state index in [-0.39, 0.29) is 23.6 Å². The van der Waals surface area contributed by atoms with Crippen molar-refractivity contribution in [2.24, 2.45) is 0 Å². The number of rotatable bonds is 9. The number of nitrogens with one attached hydrogen (secondary N) is 1. The van der Waals surface area contributed by atoms with Crippen LogP contribution in [0.1, 0.15) is 56.0 Å². The summed E-state index contributed by atoms with van der Waals surface area (Å²) in [7, 11) is -3.45. The molecule has 3 aliphatic rings. The number of piperidine rings is 3. The minimum Gasteiger partial charge on any atom is -0.489 e. The summed E-state index contributed by atoms with van der Waals surface area (Å²) in [5.74, 6) is 5.27. The van der Waals surface area contributed by atoms with Gasteiger partial charge in [-0.1, -0.05) is 6.07 Å². The van der Waals surface area contributed by atoms with E-state index >= 15 is 0 Å². The van der Waals surface area contributed by atoms with Crippen LogP contribution >= 0.6 is 0 Å². The summed E-state index contributed by atoms with van der Waals surface area (Å²) in [5, 5.41) is 3.96. The van der Waals surface area contributed by atoms with Crippen molar-refractivity contribution < 1.29 is 17.4 Å². The third kappa shape index (κ3) is 8.18. The number of likely N-dealkylation sites (N-methyl/N-ethyl adjacent to an activating group) is 1. The third-order valence-corrected chi connectivity index (χ3v) is 13.3. The summed E-state index contributed by atoms with van der Waals surface area (Å²) < 4.78 is 48.3. The predicted molar refractivity (Wildman–Crippen MR) is 207 cm³/mol. The fourth-order valence-corrected chi connectivity index (χ4v) is 9.53. The second kappa shape index (κ2) is 14.9. The molecule has 2 atom stereocenters. The van der Waals surface area contributed by atoms with Gasteiger partial charge in [0.15, 0.2) is 0 Å². The van der Waals surface area contributed by atoms with Gasteiger partial charge in [0.25, 0.3) is 5.56 Å². The molecule has 3 aliphatic heterocycles. The molecule has 1 N–H and O–H groups in total. The molecule has 6 heterocycles. The fourth-order valence-electron chi connectivity index (χ4n) is 7.67. The molecule has 15 heteroatoms. The smallest absolute Gasteiger partial charge is 0.261 e. The molecule has 52 heavy (non-hydrogen) atoms. The Balaban J connectivity index is 1.16. The quantitative estimate of drug-likeness (QED) is 0.249. The van der Waals surface area contributed by atoms with E-state index in [9.17, 15) is 17.4 Å². The lowest BCUT2D eigenvalue weighted by molar-refractivity contribution is 0.104. The second-order valence-electron chi connectivity index (χ2n) is 14.5. The Labute approximate surface area is 306 Å². The van der Waals surface area contributed by atoms with Crippen molar-refractivity contribution in [2.75, 3.05) is 64.1 Å². The topological polar surface area (TPSA) is 143 Å². The molecule has 3 saturated heterocycles. The van der Waals surface area contributed by atoms with Crippen molar-refractivity contribution in [1.82, 2.24) is 33.0 Å². The van der Waals surface area contributed by atoms with E-state index in [4.69, 9.17) is 14.7 Å². The van der Waals surface area contributed by atoms with Gasteiger partial charge < -0.3 is 15.0 Å². The highest BCUT2D eigenvalue weighted by Crippen LogP contribution is 2.32. The molecule has 1 aromatic carbocycles. The zero-order valence-corrected chi connectivity index (χ0v) is 31.7. The van der Waals surface area contributed by atoms with E-state index < -0.39 is 19.7 Å². The Kier molecular flexibility index (Phi) is 10.4. The van der Waals surface area contributed by atoms with Crippen LogP contribution in [-0.2, 0) is 19.7 Å². The number of pyridine rings is 2. The maximum atomic E-state index is 14.4. The zero-order valence-electron chi connectivity index (χ0n) is 30.1. The zero-order chi connectivity index (χ0) is 36.6. The molecule has 0 amide bonds. The first-order valence-electron chi connectivity index (χ1n) is 18.0. The minimum atomic E-state index is -3.35. The highest BCUT2D eigenvalue weighted by atomic mass is 32.2. The minimum absolute atomic E-state index is 0.167. The molecule has 0 spiro atoms. The molecular weight excluding hydrogens is 701 g/mol. The maximum Gasteiger partial charge on any atom is 0.261 e. The molecule has 0 radical (unpaired) electrons. The number of fused-ring (bicyclic) bond motifs is 1. The fraction of sp³-hybridized carbons (Fsp3) is 0.486. The lowest BCUT2D eigenvalue weighted by atomic mass is 9.91. The lowest BCUT2D eigenvalue weighted by Gasteiger charge is -2.32. The predicted octanol–water partition coefficient (Wildman–Crippen LogP) is 4.11. The largest absolute Gasteiger partial charge is 0.489 e. The summed E-state index contributed by atoms with van der Waals surface area (Å²) >= 11 is 0. The number of nitrogens with zero attached hydrogens (tertiary/aromatic N) is 7. The van der Waals surface area contributed by atoms with E-state index in [2.05, 4.69) is 28.1 Å². The first kappa shape index (κ1) is 36.5. The number of hydrogen-bond acceptors (Lipinski definition) is 10. The van der Waals surface area contributed by atoms with Gasteiger partial charge in [-0.3, -0.25) is 18.6 Å². The number of sulfonamides is 1. The van der Waals surface area contributed by atoms with Gasteiger partial charge in [-0.2, -0.15) is 4.98 Å². The number of hydrogen-bond donors (Lipinski definition) is 1. The molecule has 0 saturated carbocycles. The van der Waals surface area contributed by atoms with Crippen LogP contribution in [0, 0.1) is 0 Å². The van der Waals surface area contributed by atoms with E-state index in [0.717, 1.165) is 55.8 Å². The van der Waals surface area contributed by atoms with Crippen LogP contribution in [0.2, 0.25) is 0 Å². The van der Waals surface area contributed by atoms with E-state index in [1.165, 1.54) is 10.6 Å². The van der Waals surface area contributed by atoms with Gasteiger partial charge >= 0.3 is 0 Å². The monoisotopic (exact) mass is 748 g/mol. The average Bonchev–Trinajstić information content (AvgIpc) is 3.12. The van der Waals surface area contributed by atoms with Crippen LogP contribution in [0.25, 0.3) is 22.3 Å². The molecule has 0 aliphatic carbocycles. The Hall–Kier alpha value is -3.89. The van der Waals surface area contributed by atoms with Crippen molar-refractivity contribution in [1.29, 1.82) is 0 Å². The summed E-state index contributed by atoms with van der Waals surface area (Å²) in [4.78, 5) is 30.9. The Bertz CT molecular complexity index is 2180. The van der Waals surface area contributed by atoms with Crippen LogP contribution in [-0.4, -0.2) is 116 Å². The average molecular weight is 749 g/mol. The van der Waals surface area contributed by atoms with Crippen LogP contribution < -0.4 is 15.6 Å². The molecule has 2 unspecified atom stereocenters.